The largest absolute Gasteiger partial charge is 0.573 e. The first-order valence-electron chi connectivity index (χ1n) is 13.2. The van der Waals surface area contributed by atoms with Gasteiger partial charge < -0.3 is 9.64 Å². The minimum absolute atomic E-state index is 0.0376. The Morgan fingerprint density at radius 1 is 1.10 bits per heavy atom. The summed E-state index contributed by atoms with van der Waals surface area (Å²) in [5.41, 5.74) is 2.39. The van der Waals surface area contributed by atoms with Crippen molar-refractivity contribution in [3.05, 3.63) is 88.2 Å². The van der Waals surface area contributed by atoms with E-state index in [9.17, 15) is 23.2 Å². The topological polar surface area (TPSA) is 100 Å². The van der Waals surface area contributed by atoms with Crippen molar-refractivity contribution in [3.63, 3.8) is 0 Å². The lowest BCUT2D eigenvalue weighted by Gasteiger charge is -2.48. The second-order valence-corrected chi connectivity index (χ2v) is 9.99. The molecular formula is C29H28F3N7O2. The van der Waals surface area contributed by atoms with Gasteiger partial charge in [-0.05, 0) is 55.3 Å². The van der Waals surface area contributed by atoms with Gasteiger partial charge in [-0.25, -0.2) is 9.78 Å². The van der Waals surface area contributed by atoms with E-state index >= 15 is 0 Å². The van der Waals surface area contributed by atoms with Gasteiger partial charge in [-0.3, -0.25) is 14.5 Å². The van der Waals surface area contributed by atoms with Crippen LogP contribution in [0, 0.1) is 11.3 Å². The molecule has 0 bridgehead atoms. The summed E-state index contributed by atoms with van der Waals surface area (Å²) in [6.45, 7) is 5.12. The molecule has 1 saturated heterocycles. The van der Waals surface area contributed by atoms with E-state index in [-0.39, 0.29) is 29.6 Å². The number of halogens is 3. The number of ether oxygens (including phenoxy) is 1. The van der Waals surface area contributed by atoms with Gasteiger partial charge in [0.15, 0.2) is 5.82 Å². The number of rotatable bonds is 6. The predicted molar refractivity (Wildman–Crippen MR) is 146 cm³/mol. The van der Waals surface area contributed by atoms with Crippen molar-refractivity contribution in [2.75, 3.05) is 18.0 Å². The van der Waals surface area contributed by atoms with Crippen LogP contribution in [0.4, 0.5) is 19.0 Å². The summed E-state index contributed by atoms with van der Waals surface area (Å²) in [6, 6.07) is 16.3. The summed E-state index contributed by atoms with van der Waals surface area (Å²) in [5, 5.41) is 9.45. The maximum absolute atomic E-state index is 12.8. The molecule has 212 valence electrons. The number of alkyl halides is 3. The lowest BCUT2D eigenvalue weighted by atomic mass is 9.95. The van der Waals surface area contributed by atoms with Gasteiger partial charge in [-0.15, -0.1) is 13.2 Å². The number of anilines is 1. The third-order valence-corrected chi connectivity index (χ3v) is 7.41. The summed E-state index contributed by atoms with van der Waals surface area (Å²) in [5.74, 6) is 0.132. The highest BCUT2D eigenvalue weighted by atomic mass is 19.4. The Morgan fingerprint density at radius 3 is 2.49 bits per heavy atom. The Bertz CT molecular complexity index is 1640. The highest BCUT2D eigenvalue weighted by Gasteiger charge is 2.38. The van der Waals surface area contributed by atoms with Crippen LogP contribution >= 0.6 is 0 Å². The second-order valence-electron chi connectivity index (χ2n) is 9.99. The van der Waals surface area contributed by atoms with Crippen LogP contribution in [-0.4, -0.2) is 56.0 Å². The van der Waals surface area contributed by atoms with Gasteiger partial charge in [0.05, 0.1) is 17.3 Å². The van der Waals surface area contributed by atoms with Gasteiger partial charge >= 0.3 is 12.1 Å². The number of hydrogen-bond donors (Lipinski definition) is 0. The molecule has 3 aromatic heterocycles. The molecule has 1 fully saturated rings. The summed E-state index contributed by atoms with van der Waals surface area (Å²) >= 11 is 0. The Morgan fingerprint density at radius 2 is 1.85 bits per heavy atom. The molecule has 1 aromatic carbocycles. The molecule has 0 aliphatic carbocycles. The van der Waals surface area contributed by atoms with Crippen molar-refractivity contribution in [2.45, 2.75) is 44.8 Å². The van der Waals surface area contributed by atoms with E-state index < -0.39 is 12.1 Å². The van der Waals surface area contributed by atoms with E-state index in [2.05, 4.69) is 42.5 Å². The number of hydrogen-bond acceptors (Lipinski definition) is 8. The Labute approximate surface area is 234 Å². The van der Waals surface area contributed by atoms with Gasteiger partial charge in [-0.2, -0.15) is 10.2 Å². The number of aromatic nitrogens is 4. The van der Waals surface area contributed by atoms with Crippen LogP contribution in [0.5, 0.6) is 5.75 Å². The Hall–Kier alpha value is -4.50. The average molecular weight is 564 g/mol. The maximum Gasteiger partial charge on any atom is 0.573 e. The van der Waals surface area contributed by atoms with Crippen molar-refractivity contribution in [1.29, 1.82) is 5.26 Å². The molecule has 41 heavy (non-hydrogen) atoms. The molecule has 1 unspecified atom stereocenters. The number of nitriles is 1. The average Bonchev–Trinajstić information content (AvgIpc) is 2.96. The fourth-order valence-electron chi connectivity index (χ4n) is 5.43. The molecule has 0 saturated carbocycles. The molecular weight excluding hydrogens is 535 g/mol. The number of aryl methyl sites for hydroxylation is 1. The summed E-state index contributed by atoms with van der Waals surface area (Å²) in [6.07, 6.45) is -2.35. The second kappa shape index (κ2) is 11.2. The van der Waals surface area contributed by atoms with Crippen molar-refractivity contribution in [2.24, 2.45) is 7.05 Å². The van der Waals surface area contributed by atoms with E-state index in [0.717, 1.165) is 17.7 Å². The van der Waals surface area contributed by atoms with Gasteiger partial charge in [0.1, 0.15) is 23.0 Å². The zero-order chi connectivity index (χ0) is 29.3. The monoisotopic (exact) mass is 563 g/mol. The number of fused-ring (bicyclic) bond motifs is 1. The van der Waals surface area contributed by atoms with Crippen LogP contribution in [0.15, 0.2) is 65.6 Å². The van der Waals surface area contributed by atoms with Gasteiger partial charge in [0, 0.05) is 38.4 Å². The van der Waals surface area contributed by atoms with Gasteiger partial charge in [0.25, 0.3) is 0 Å². The predicted octanol–water partition coefficient (Wildman–Crippen LogP) is 4.57. The van der Waals surface area contributed by atoms with E-state index in [4.69, 9.17) is 0 Å². The summed E-state index contributed by atoms with van der Waals surface area (Å²) in [7, 11) is 1.62. The van der Waals surface area contributed by atoms with Gasteiger partial charge in [-0.1, -0.05) is 25.1 Å². The lowest BCUT2D eigenvalue weighted by Crippen LogP contribution is -2.58. The van der Waals surface area contributed by atoms with Crippen molar-refractivity contribution in [1.82, 2.24) is 24.4 Å². The minimum Gasteiger partial charge on any atom is -0.406 e. The number of piperazine rings is 1. The van der Waals surface area contributed by atoms with Crippen LogP contribution in [0.3, 0.4) is 0 Å². The standard InChI is InChI=1S/C29H28F3N7O2/c1-4-21-17-38(27-25-24(37(3)28(40)36-27)13-10-20(15-33)35-25)18(2)16-39(21)26(23-7-5-6-14-34-23)19-8-11-22(12-9-19)41-29(30,31)32/h5-14,18,21,26H,4,16-17H2,1-3H3/t18-,21+,26?/m0/s1. The van der Waals surface area contributed by atoms with E-state index in [1.54, 1.807) is 37.5 Å². The molecule has 1 aliphatic heterocycles. The quantitative estimate of drug-likeness (QED) is 0.336. The van der Waals surface area contributed by atoms with Crippen LogP contribution in [-0.2, 0) is 7.05 Å². The fraction of sp³-hybridized carbons (Fsp3) is 0.345. The van der Waals surface area contributed by atoms with Crippen molar-refractivity contribution in [3.8, 4) is 11.8 Å². The summed E-state index contributed by atoms with van der Waals surface area (Å²) < 4.78 is 43.8. The highest BCUT2D eigenvalue weighted by Crippen LogP contribution is 2.36. The van der Waals surface area contributed by atoms with Crippen molar-refractivity contribution < 1.29 is 17.9 Å². The molecule has 0 spiro atoms. The fourth-order valence-corrected chi connectivity index (χ4v) is 5.43. The molecule has 0 radical (unpaired) electrons. The molecule has 12 heteroatoms. The first-order chi connectivity index (χ1) is 19.6. The number of pyridine rings is 2. The minimum atomic E-state index is -4.78. The summed E-state index contributed by atoms with van der Waals surface area (Å²) in [4.78, 5) is 30.6. The van der Waals surface area contributed by atoms with Crippen molar-refractivity contribution >= 4 is 16.9 Å². The molecule has 0 N–H and O–H groups in total. The molecule has 0 amide bonds. The first-order valence-corrected chi connectivity index (χ1v) is 13.2. The van der Waals surface area contributed by atoms with E-state index in [1.807, 2.05) is 25.1 Å². The van der Waals surface area contributed by atoms with Crippen LogP contribution in [0.2, 0.25) is 0 Å². The molecule has 3 atom stereocenters. The number of nitrogens with zero attached hydrogens (tertiary/aromatic N) is 7. The normalized spacial score (nSPS) is 18.7. The number of benzene rings is 1. The van der Waals surface area contributed by atoms with E-state index in [0.29, 0.717) is 29.9 Å². The van der Waals surface area contributed by atoms with Crippen LogP contribution in [0.1, 0.15) is 43.3 Å². The molecule has 1 aliphatic rings. The smallest absolute Gasteiger partial charge is 0.406 e. The zero-order valence-corrected chi connectivity index (χ0v) is 22.7. The maximum atomic E-state index is 12.8. The highest BCUT2D eigenvalue weighted by molar-refractivity contribution is 5.86. The molecule has 4 aromatic rings. The zero-order valence-electron chi connectivity index (χ0n) is 22.7. The first kappa shape index (κ1) is 28.0. The van der Waals surface area contributed by atoms with Crippen LogP contribution < -0.4 is 15.3 Å². The van der Waals surface area contributed by atoms with E-state index in [1.165, 1.54) is 16.7 Å². The Balaban J connectivity index is 1.54. The molecule has 4 heterocycles. The SMILES string of the molecule is CC[C@@H]1CN(c2nc(=O)n(C)c3ccc(C#N)nc23)[C@@H](C)CN1C(c1ccc(OC(F)(F)F)cc1)c1ccccn1. The Kier molecular flexibility index (Phi) is 7.64. The molecule has 5 rings (SSSR count). The third-order valence-electron chi connectivity index (χ3n) is 7.41. The van der Waals surface area contributed by atoms with Crippen LogP contribution in [0.25, 0.3) is 11.0 Å². The lowest BCUT2D eigenvalue weighted by molar-refractivity contribution is -0.274. The third kappa shape index (κ3) is 5.71. The van der Waals surface area contributed by atoms with Gasteiger partial charge in [0.2, 0.25) is 0 Å². The molecule has 9 nitrogen and oxygen atoms in total.